The highest BCUT2D eigenvalue weighted by Crippen LogP contribution is 2.21. The molecule has 0 aromatic heterocycles. The van der Waals surface area contributed by atoms with Gasteiger partial charge >= 0.3 is 0 Å². The summed E-state index contributed by atoms with van der Waals surface area (Å²) in [4.78, 5) is 23.6. The maximum absolute atomic E-state index is 12.6. The van der Waals surface area contributed by atoms with Gasteiger partial charge in [-0.1, -0.05) is 18.2 Å². The first kappa shape index (κ1) is 23.0. The number of hydrogen-bond donors (Lipinski definition) is 2. The fourth-order valence-corrected chi connectivity index (χ4v) is 4.16. The van der Waals surface area contributed by atoms with Crippen molar-refractivity contribution in [2.75, 3.05) is 16.6 Å². The molecule has 32 heavy (non-hydrogen) atoms. The molecule has 2 N–H and O–H groups in total. The van der Waals surface area contributed by atoms with Crippen molar-refractivity contribution in [3.63, 3.8) is 0 Å². The van der Waals surface area contributed by atoms with E-state index in [1.54, 1.807) is 36.4 Å². The van der Waals surface area contributed by atoms with Crippen LogP contribution in [-0.4, -0.2) is 26.7 Å². The number of Topliss-reactive ketones (excluding diaryl/α,β-unsaturated/α-hetero) is 1. The van der Waals surface area contributed by atoms with Gasteiger partial charge in [0.1, 0.15) is 5.75 Å². The molecule has 0 aliphatic heterocycles. The second kappa shape index (κ2) is 9.65. The van der Waals surface area contributed by atoms with E-state index in [-0.39, 0.29) is 17.3 Å². The van der Waals surface area contributed by atoms with Crippen molar-refractivity contribution in [1.29, 1.82) is 0 Å². The standard InChI is InChI=1S/C24H24N2O5S/c1-16-11-17(2)13-21(12-16)26-32(29,30)23-9-7-22(8-10-23)31-15-24(28)25-20-6-4-5-19(14-20)18(3)27/h4-14,26H,15H2,1-3H3,(H,25,28). The first-order valence-corrected chi connectivity index (χ1v) is 11.4. The van der Waals surface area contributed by atoms with Crippen LogP contribution in [0.15, 0.2) is 71.6 Å². The number of anilines is 2. The van der Waals surface area contributed by atoms with Gasteiger partial charge in [-0.25, -0.2) is 8.42 Å². The molecule has 7 nitrogen and oxygen atoms in total. The molecule has 3 rings (SSSR count). The lowest BCUT2D eigenvalue weighted by Gasteiger charge is -2.11. The number of benzene rings is 3. The molecule has 0 heterocycles. The number of aryl methyl sites for hydroxylation is 2. The van der Waals surface area contributed by atoms with Crippen LogP contribution in [-0.2, 0) is 14.8 Å². The monoisotopic (exact) mass is 452 g/mol. The van der Waals surface area contributed by atoms with E-state index in [0.717, 1.165) is 11.1 Å². The van der Waals surface area contributed by atoms with Crippen molar-refractivity contribution in [3.8, 4) is 5.75 Å². The van der Waals surface area contributed by atoms with Crippen molar-refractivity contribution in [2.45, 2.75) is 25.7 Å². The fourth-order valence-electron chi connectivity index (χ4n) is 3.12. The summed E-state index contributed by atoms with van der Waals surface area (Å²) in [6.45, 7) is 4.97. The second-order valence-corrected chi connectivity index (χ2v) is 9.11. The van der Waals surface area contributed by atoms with Crippen LogP contribution in [0.25, 0.3) is 0 Å². The maximum atomic E-state index is 12.6. The third-order valence-corrected chi connectivity index (χ3v) is 5.93. The summed E-state index contributed by atoms with van der Waals surface area (Å²) >= 11 is 0. The highest BCUT2D eigenvalue weighted by Gasteiger charge is 2.15. The number of sulfonamides is 1. The fraction of sp³-hybridized carbons (Fsp3) is 0.167. The number of rotatable bonds is 8. The SMILES string of the molecule is CC(=O)c1cccc(NC(=O)COc2ccc(S(=O)(=O)Nc3cc(C)cc(C)c3)cc2)c1. The van der Waals surface area contributed by atoms with Crippen molar-refractivity contribution in [3.05, 3.63) is 83.4 Å². The molecule has 0 radical (unpaired) electrons. The van der Waals surface area contributed by atoms with Gasteiger partial charge in [-0.2, -0.15) is 0 Å². The van der Waals surface area contributed by atoms with E-state index < -0.39 is 15.9 Å². The summed E-state index contributed by atoms with van der Waals surface area (Å²) in [5, 5.41) is 2.66. The van der Waals surface area contributed by atoms with Crippen LogP contribution in [0.5, 0.6) is 5.75 Å². The van der Waals surface area contributed by atoms with Gasteiger partial charge in [0, 0.05) is 16.9 Å². The summed E-state index contributed by atoms with van der Waals surface area (Å²) in [6, 6.07) is 17.9. The largest absolute Gasteiger partial charge is 0.484 e. The zero-order chi connectivity index (χ0) is 23.3. The number of ketones is 1. The Kier molecular flexibility index (Phi) is 6.95. The summed E-state index contributed by atoms with van der Waals surface area (Å²) in [6.07, 6.45) is 0. The Morgan fingerprint density at radius 3 is 2.16 bits per heavy atom. The van der Waals surface area contributed by atoms with Crippen LogP contribution in [0.1, 0.15) is 28.4 Å². The quantitative estimate of drug-likeness (QED) is 0.496. The van der Waals surface area contributed by atoms with Gasteiger partial charge < -0.3 is 10.1 Å². The second-order valence-electron chi connectivity index (χ2n) is 7.43. The Morgan fingerprint density at radius 1 is 0.875 bits per heavy atom. The van der Waals surface area contributed by atoms with E-state index in [9.17, 15) is 18.0 Å². The number of nitrogens with one attached hydrogen (secondary N) is 2. The van der Waals surface area contributed by atoms with Crippen LogP contribution in [0, 0.1) is 13.8 Å². The van der Waals surface area contributed by atoms with Crippen molar-refractivity contribution >= 4 is 33.1 Å². The van der Waals surface area contributed by atoms with Crippen LogP contribution in [0.4, 0.5) is 11.4 Å². The molecular weight excluding hydrogens is 428 g/mol. The Labute approximate surface area is 187 Å². The van der Waals surface area contributed by atoms with Crippen molar-refractivity contribution in [1.82, 2.24) is 0 Å². The Balaban J connectivity index is 1.60. The first-order valence-electron chi connectivity index (χ1n) is 9.87. The van der Waals surface area contributed by atoms with Gasteiger partial charge in [0.15, 0.2) is 12.4 Å². The molecule has 3 aromatic carbocycles. The molecule has 1 amide bonds. The molecule has 0 aliphatic rings. The van der Waals surface area contributed by atoms with Gasteiger partial charge in [-0.15, -0.1) is 0 Å². The normalized spacial score (nSPS) is 11.0. The lowest BCUT2D eigenvalue weighted by molar-refractivity contribution is -0.118. The molecule has 0 fully saturated rings. The molecule has 0 atom stereocenters. The molecule has 166 valence electrons. The molecule has 0 saturated heterocycles. The number of carbonyl (C=O) groups is 2. The van der Waals surface area contributed by atoms with Crippen LogP contribution < -0.4 is 14.8 Å². The molecule has 3 aromatic rings. The maximum Gasteiger partial charge on any atom is 0.262 e. The predicted molar refractivity (Wildman–Crippen MR) is 124 cm³/mol. The van der Waals surface area contributed by atoms with E-state index in [1.807, 2.05) is 19.9 Å². The molecule has 0 bridgehead atoms. The number of amides is 1. The van der Waals surface area contributed by atoms with Gasteiger partial charge in [0.05, 0.1) is 4.90 Å². The Hall–Kier alpha value is -3.65. The van der Waals surface area contributed by atoms with E-state index in [1.165, 1.54) is 31.2 Å². The van der Waals surface area contributed by atoms with Crippen LogP contribution in [0.2, 0.25) is 0 Å². The average molecular weight is 453 g/mol. The molecule has 0 spiro atoms. The predicted octanol–water partition coefficient (Wildman–Crippen LogP) is 4.32. The first-order chi connectivity index (χ1) is 15.1. The lowest BCUT2D eigenvalue weighted by Crippen LogP contribution is -2.20. The average Bonchev–Trinajstić information content (AvgIpc) is 2.71. The zero-order valence-corrected chi connectivity index (χ0v) is 18.8. The highest BCUT2D eigenvalue weighted by atomic mass is 32.2. The van der Waals surface area contributed by atoms with Gasteiger partial charge in [-0.3, -0.25) is 14.3 Å². The third-order valence-electron chi connectivity index (χ3n) is 4.53. The minimum atomic E-state index is -3.76. The minimum absolute atomic E-state index is 0.0782. The Bertz CT molecular complexity index is 1230. The minimum Gasteiger partial charge on any atom is -0.484 e. The molecule has 8 heteroatoms. The zero-order valence-electron chi connectivity index (χ0n) is 18.0. The topological polar surface area (TPSA) is 102 Å². The van der Waals surface area contributed by atoms with Gasteiger partial charge in [0.2, 0.25) is 0 Å². The van der Waals surface area contributed by atoms with Crippen LogP contribution >= 0.6 is 0 Å². The molecule has 0 saturated carbocycles. The van der Waals surface area contributed by atoms with Gasteiger partial charge in [-0.05, 0) is 80.4 Å². The van der Waals surface area contributed by atoms with E-state index in [4.69, 9.17) is 4.74 Å². The van der Waals surface area contributed by atoms with Crippen LogP contribution in [0.3, 0.4) is 0 Å². The third kappa shape index (κ3) is 6.18. The van der Waals surface area contributed by atoms with E-state index >= 15 is 0 Å². The number of ether oxygens (including phenoxy) is 1. The molecule has 0 aliphatic carbocycles. The van der Waals surface area contributed by atoms with E-state index in [0.29, 0.717) is 22.7 Å². The van der Waals surface area contributed by atoms with Gasteiger partial charge in [0.25, 0.3) is 15.9 Å². The van der Waals surface area contributed by atoms with Crippen molar-refractivity contribution in [2.24, 2.45) is 0 Å². The summed E-state index contributed by atoms with van der Waals surface area (Å²) in [5.41, 5.74) is 3.39. The lowest BCUT2D eigenvalue weighted by atomic mass is 10.1. The van der Waals surface area contributed by atoms with E-state index in [2.05, 4.69) is 10.0 Å². The number of carbonyl (C=O) groups excluding carboxylic acids is 2. The summed E-state index contributed by atoms with van der Waals surface area (Å²) in [7, 11) is -3.76. The summed E-state index contributed by atoms with van der Waals surface area (Å²) in [5.74, 6) is -0.152. The Morgan fingerprint density at radius 2 is 1.53 bits per heavy atom. The molecular formula is C24H24N2O5S. The smallest absolute Gasteiger partial charge is 0.262 e. The number of hydrogen-bond acceptors (Lipinski definition) is 5. The molecule has 0 unspecified atom stereocenters. The highest BCUT2D eigenvalue weighted by molar-refractivity contribution is 7.92. The van der Waals surface area contributed by atoms with Crippen molar-refractivity contribution < 1.29 is 22.7 Å². The summed E-state index contributed by atoms with van der Waals surface area (Å²) < 4.78 is 33.3.